The van der Waals surface area contributed by atoms with Gasteiger partial charge in [0.1, 0.15) is 17.4 Å². The Bertz CT molecular complexity index is 818. The Balaban J connectivity index is 2.08. The van der Waals surface area contributed by atoms with Crippen molar-refractivity contribution in [2.24, 2.45) is 0 Å². The van der Waals surface area contributed by atoms with Crippen LogP contribution in [0.15, 0.2) is 35.5 Å². The van der Waals surface area contributed by atoms with Crippen LogP contribution in [0.2, 0.25) is 0 Å². The van der Waals surface area contributed by atoms with Crippen LogP contribution in [0.5, 0.6) is 5.75 Å². The maximum Gasteiger partial charge on any atom is 0.338 e. The molecule has 2 aromatic rings. The summed E-state index contributed by atoms with van der Waals surface area (Å²) in [5.41, 5.74) is 1.39. The molecule has 0 saturated carbocycles. The Morgan fingerprint density at radius 1 is 1.24 bits per heavy atom. The number of anilines is 1. The summed E-state index contributed by atoms with van der Waals surface area (Å²) in [5, 5.41) is 14.8. The van der Waals surface area contributed by atoms with Gasteiger partial charge in [-0.1, -0.05) is 17.2 Å². The molecule has 1 aliphatic rings. The van der Waals surface area contributed by atoms with Gasteiger partial charge in [-0.3, -0.25) is 0 Å². The summed E-state index contributed by atoms with van der Waals surface area (Å²) >= 11 is 0. The highest BCUT2D eigenvalue weighted by molar-refractivity contribution is 5.92. The Morgan fingerprint density at radius 3 is 2.52 bits per heavy atom. The van der Waals surface area contributed by atoms with Crippen molar-refractivity contribution in [2.75, 3.05) is 12.4 Å². The standard InChI is InChI=1S/C17H21N5O3/c1-10-13(15(23)25-17(2,3)4)14(22-16(18-10)19-20-21-22)11-6-8-12(24-5)9-7-11/h6-9,14H,1-5H3,(H,18,19,21)/t14-/m0/s1. The van der Waals surface area contributed by atoms with E-state index in [-0.39, 0.29) is 0 Å². The molecule has 1 aliphatic heterocycles. The largest absolute Gasteiger partial charge is 0.497 e. The predicted molar refractivity (Wildman–Crippen MR) is 91.1 cm³/mol. The number of carbonyl (C=O) groups is 1. The van der Waals surface area contributed by atoms with Gasteiger partial charge in [-0.2, -0.15) is 4.68 Å². The molecule has 0 spiro atoms. The molecule has 8 heteroatoms. The molecule has 0 unspecified atom stereocenters. The zero-order valence-corrected chi connectivity index (χ0v) is 14.9. The zero-order chi connectivity index (χ0) is 18.2. The summed E-state index contributed by atoms with van der Waals surface area (Å²) in [4.78, 5) is 12.8. The van der Waals surface area contributed by atoms with Crippen molar-refractivity contribution < 1.29 is 14.3 Å². The van der Waals surface area contributed by atoms with E-state index in [4.69, 9.17) is 9.47 Å². The van der Waals surface area contributed by atoms with Gasteiger partial charge in [0.15, 0.2) is 0 Å². The lowest BCUT2D eigenvalue weighted by molar-refractivity contribution is -0.150. The van der Waals surface area contributed by atoms with E-state index in [0.717, 1.165) is 11.3 Å². The molecule has 1 aromatic carbocycles. The first kappa shape index (κ1) is 16.9. The summed E-state index contributed by atoms with van der Waals surface area (Å²) < 4.78 is 12.4. The van der Waals surface area contributed by atoms with E-state index in [0.29, 0.717) is 17.2 Å². The highest BCUT2D eigenvalue weighted by Crippen LogP contribution is 2.36. The average Bonchev–Trinajstić information content (AvgIpc) is 2.99. The summed E-state index contributed by atoms with van der Waals surface area (Å²) in [6.45, 7) is 7.32. The number of esters is 1. The van der Waals surface area contributed by atoms with Gasteiger partial charge in [0.25, 0.3) is 0 Å². The van der Waals surface area contributed by atoms with Gasteiger partial charge in [-0.15, -0.1) is 0 Å². The summed E-state index contributed by atoms with van der Waals surface area (Å²) in [6, 6.07) is 6.97. The molecule has 132 valence electrons. The normalized spacial score (nSPS) is 16.9. The molecule has 1 aromatic heterocycles. The zero-order valence-electron chi connectivity index (χ0n) is 14.9. The Morgan fingerprint density at radius 2 is 1.92 bits per heavy atom. The number of aromatic nitrogens is 4. The Kier molecular flexibility index (Phi) is 4.20. The van der Waals surface area contributed by atoms with Gasteiger partial charge >= 0.3 is 5.97 Å². The smallest absolute Gasteiger partial charge is 0.338 e. The number of fused-ring (bicyclic) bond motifs is 1. The summed E-state index contributed by atoms with van der Waals surface area (Å²) in [7, 11) is 1.61. The van der Waals surface area contributed by atoms with Crippen LogP contribution in [0.25, 0.3) is 0 Å². The summed E-state index contributed by atoms with van der Waals surface area (Å²) in [6.07, 6.45) is 0. The number of ether oxygens (including phenoxy) is 2. The van der Waals surface area contributed by atoms with Crippen molar-refractivity contribution in [3.8, 4) is 5.75 Å². The van der Waals surface area contributed by atoms with E-state index < -0.39 is 17.6 Å². The molecule has 1 N–H and O–H groups in total. The molecule has 0 radical (unpaired) electrons. The van der Waals surface area contributed by atoms with Crippen LogP contribution in [-0.2, 0) is 9.53 Å². The maximum absolute atomic E-state index is 12.8. The van der Waals surface area contributed by atoms with Gasteiger partial charge < -0.3 is 14.8 Å². The third kappa shape index (κ3) is 3.33. The van der Waals surface area contributed by atoms with E-state index in [1.807, 2.05) is 52.0 Å². The summed E-state index contributed by atoms with van der Waals surface area (Å²) in [5.74, 6) is 0.805. The van der Waals surface area contributed by atoms with Gasteiger partial charge in [0.2, 0.25) is 5.95 Å². The Labute approximate surface area is 145 Å². The number of carbonyl (C=O) groups excluding carboxylic acids is 1. The van der Waals surface area contributed by atoms with Crippen molar-refractivity contribution in [3.63, 3.8) is 0 Å². The fraction of sp³-hybridized carbons (Fsp3) is 0.412. The number of hydrogen-bond acceptors (Lipinski definition) is 7. The highest BCUT2D eigenvalue weighted by atomic mass is 16.6. The monoisotopic (exact) mass is 343 g/mol. The van der Waals surface area contributed by atoms with Crippen molar-refractivity contribution in [2.45, 2.75) is 39.3 Å². The first-order valence-corrected chi connectivity index (χ1v) is 7.93. The molecule has 8 nitrogen and oxygen atoms in total. The van der Waals surface area contributed by atoms with Gasteiger partial charge in [-0.05, 0) is 55.8 Å². The average molecular weight is 343 g/mol. The molecule has 3 rings (SSSR count). The van der Waals surface area contributed by atoms with Crippen LogP contribution in [0.3, 0.4) is 0 Å². The van der Waals surface area contributed by atoms with E-state index >= 15 is 0 Å². The van der Waals surface area contributed by atoms with Gasteiger partial charge in [0.05, 0.1) is 12.7 Å². The molecular formula is C17H21N5O3. The Hall–Kier alpha value is -2.90. The minimum atomic E-state index is -0.601. The topological polar surface area (TPSA) is 91.2 Å². The number of allylic oxidation sites excluding steroid dienone is 1. The van der Waals surface area contributed by atoms with Gasteiger partial charge in [0, 0.05) is 5.70 Å². The van der Waals surface area contributed by atoms with E-state index in [1.54, 1.807) is 11.8 Å². The second kappa shape index (κ2) is 6.19. The second-order valence-corrected chi connectivity index (χ2v) is 6.79. The van der Waals surface area contributed by atoms with Crippen LogP contribution in [0, 0.1) is 0 Å². The molecule has 25 heavy (non-hydrogen) atoms. The van der Waals surface area contributed by atoms with Gasteiger partial charge in [-0.25, -0.2) is 4.79 Å². The molecule has 2 heterocycles. The SMILES string of the molecule is COc1ccc([C@H]2C(C(=O)OC(C)(C)C)=C(C)Nc3nnnn32)cc1. The second-order valence-electron chi connectivity index (χ2n) is 6.79. The van der Waals surface area contributed by atoms with Crippen LogP contribution in [0.1, 0.15) is 39.3 Å². The molecule has 1 atom stereocenters. The van der Waals surface area contributed by atoms with Crippen molar-refractivity contribution in [1.29, 1.82) is 0 Å². The van der Waals surface area contributed by atoms with Crippen molar-refractivity contribution in [1.82, 2.24) is 20.2 Å². The molecular weight excluding hydrogens is 322 g/mol. The number of methoxy groups -OCH3 is 1. The molecule has 0 amide bonds. The van der Waals surface area contributed by atoms with E-state index in [1.165, 1.54) is 0 Å². The van der Waals surface area contributed by atoms with Crippen LogP contribution in [0.4, 0.5) is 5.95 Å². The highest BCUT2D eigenvalue weighted by Gasteiger charge is 2.36. The number of nitrogens with zero attached hydrogens (tertiary/aromatic N) is 4. The number of tetrazole rings is 1. The molecule has 0 fully saturated rings. The minimum absolute atomic E-state index is 0.403. The van der Waals surface area contributed by atoms with Crippen molar-refractivity contribution >= 4 is 11.9 Å². The minimum Gasteiger partial charge on any atom is -0.497 e. The van der Waals surface area contributed by atoms with E-state index in [9.17, 15) is 4.79 Å². The molecule has 0 aliphatic carbocycles. The fourth-order valence-corrected chi connectivity index (χ4v) is 2.70. The predicted octanol–water partition coefficient (Wildman–Crippen LogP) is 2.31. The third-order valence-electron chi connectivity index (χ3n) is 3.76. The molecule has 0 saturated heterocycles. The van der Waals surface area contributed by atoms with Crippen LogP contribution in [-0.4, -0.2) is 38.9 Å². The fourth-order valence-electron chi connectivity index (χ4n) is 2.70. The lowest BCUT2D eigenvalue weighted by Gasteiger charge is -2.29. The first-order valence-electron chi connectivity index (χ1n) is 7.93. The maximum atomic E-state index is 12.8. The number of nitrogens with one attached hydrogen (secondary N) is 1. The lowest BCUT2D eigenvalue weighted by atomic mass is 9.95. The van der Waals surface area contributed by atoms with Crippen molar-refractivity contribution in [3.05, 3.63) is 41.1 Å². The number of benzene rings is 1. The quantitative estimate of drug-likeness (QED) is 0.855. The first-order chi connectivity index (χ1) is 11.8. The number of rotatable bonds is 3. The molecule has 0 bridgehead atoms. The number of hydrogen-bond donors (Lipinski definition) is 1. The lowest BCUT2D eigenvalue weighted by Crippen LogP contribution is -2.33. The van der Waals surface area contributed by atoms with E-state index in [2.05, 4.69) is 20.8 Å². The van der Waals surface area contributed by atoms with Crippen LogP contribution >= 0.6 is 0 Å². The van der Waals surface area contributed by atoms with Crippen LogP contribution < -0.4 is 10.1 Å². The third-order valence-corrected chi connectivity index (χ3v) is 3.76.